The van der Waals surface area contributed by atoms with Gasteiger partial charge in [-0.05, 0) is 54.6 Å². The lowest BCUT2D eigenvalue weighted by molar-refractivity contribution is -0.137. The number of aromatic nitrogens is 1. The van der Waals surface area contributed by atoms with Crippen molar-refractivity contribution in [2.75, 3.05) is 12.4 Å². The predicted octanol–water partition coefficient (Wildman–Crippen LogP) is 6.83. The van der Waals surface area contributed by atoms with Gasteiger partial charge in [0.2, 0.25) is 0 Å². The molecule has 3 aromatic carbocycles. The van der Waals surface area contributed by atoms with Crippen LogP contribution in [0.2, 0.25) is 5.02 Å². The van der Waals surface area contributed by atoms with Crippen LogP contribution in [-0.4, -0.2) is 18.0 Å². The summed E-state index contributed by atoms with van der Waals surface area (Å²) < 4.78 is 44.4. The molecule has 162 valence electrons. The van der Waals surface area contributed by atoms with Crippen LogP contribution < -0.4 is 10.1 Å². The molecule has 0 spiro atoms. The number of rotatable bonds is 4. The Balaban J connectivity index is 1.77. The lowest BCUT2D eigenvalue weighted by Gasteiger charge is -2.13. The number of nitrogens with zero attached hydrogens (tertiary/aromatic N) is 1. The summed E-state index contributed by atoms with van der Waals surface area (Å²) in [6, 6.07) is 18.6. The molecule has 0 bridgehead atoms. The van der Waals surface area contributed by atoms with Crippen LogP contribution in [0.4, 0.5) is 18.9 Å². The number of carbonyl (C=O) groups is 1. The molecule has 0 saturated heterocycles. The number of alkyl halides is 3. The monoisotopic (exact) mass is 456 g/mol. The number of methoxy groups -OCH3 is 1. The fourth-order valence-corrected chi connectivity index (χ4v) is 3.42. The van der Waals surface area contributed by atoms with Gasteiger partial charge in [0.15, 0.2) is 0 Å². The molecule has 0 aliphatic heterocycles. The number of anilines is 1. The highest BCUT2D eigenvalue weighted by Crippen LogP contribution is 2.34. The fraction of sp³-hybridized carbons (Fsp3) is 0.0833. The summed E-state index contributed by atoms with van der Waals surface area (Å²) in [5, 5.41) is 3.07. The molecule has 1 aromatic heterocycles. The van der Waals surface area contributed by atoms with Gasteiger partial charge >= 0.3 is 6.18 Å². The SMILES string of the molecule is COc1ccc(-c2cc(C(=O)Nc3cc(C(F)(F)F)ccc3Cl)c3ccccc3n2)cc1. The first-order valence-corrected chi connectivity index (χ1v) is 9.86. The van der Waals surface area contributed by atoms with Gasteiger partial charge in [-0.25, -0.2) is 4.98 Å². The highest BCUT2D eigenvalue weighted by atomic mass is 35.5. The number of halogens is 4. The highest BCUT2D eigenvalue weighted by molar-refractivity contribution is 6.34. The lowest BCUT2D eigenvalue weighted by Crippen LogP contribution is -2.14. The Labute approximate surface area is 186 Å². The van der Waals surface area contributed by atoms with E-state index in [1.165, 1.54) is 0 Å². The van der Waals surface area contributed by atoms with E-state index in [0.717, 1.165) is 23.8 Å². The van der Waals surface area contributed by atoms with Crippen molar-refractivity contribution >= 4 is 34.1 Å². The standard InChI is InChI=1S/C24H16ClF3N2O2/c1-32-16-9-6-14(7-10-16)21-13-18(17-4-2-3-5-20(17)29-21)23(31)30-22-12-15(24(26,27)28)8-11-19(22)25/h2-13H,1H3,(H,30,31). The van der Waals surface area contributed by atoms with Crippen LogP contribution in [0.25, 0.3) is 22.2 Å². The molecule has 1 N–H and O–H groups in total. The normalized spacial score (nSPS) is 11.4. The molecule has 1 heterocycles. The molecule has 1 amide bonds. The number of carbonyl (C=O) groups excluding carboxylic acids is 1. The molecule has 4 rings (SSSR count). The quantitative estimate of drug-likeness (QED) is 0.366. The van der Waals surface area contributed by atoms with Crippen molar-refractivity contribution < 1.29 is 22.7 Å². The number of hydrogen-bond acceptors (Lipinski definition) is 3. The number of nitrogens with one attached hydrogen (secondary N) is 1. The van der Waals surface area contributed by atoms with Crippen molar-refractivity contribution in [3.8, 4) is 17.0 Å². The van der Waals surface area contributed by atoms with Gasteiger partial charge in [-0.15, -0.1) is 0 Å². The molecule has 0 radical (unpaired) electrons. The number of fused-ring (bicyclic) bond motifs is 1. The summed E-state index contributed by atoms with van der Waals surface area (Å²) in [6.07, 6.45) is -4.56. The summed E-state index contributed by atoms with van der Waals surface area (Å²) in [6.45, 7) is 0. The van der Waals surface area contributed by atoms with Crippen LogP contribution in [0.5, 0.6) is 5.75 Å². The number of pyridine rings is 1. The average Bonchev–Trinajstić information content (AvgIpc) is 2.79. The van der Waals surface area contributed by atoms with Crippen molar-refractivity contribution in [2.45, 2.75) is 6.18 Å². The molecule has 0 atom stereocenters. The first kappa shape index (κ1) is 21.6. The molecular weight excluding hydrogens is 441 g/mol. The largest absolute Gasteiger partial charge is 0.497 e. The smallest absolute Gasteiger partial charge is 0.416 e. The molecule has 0 unspecified atom stereocenters. The summed E-state index contributed by atoms with van der Waals surface area (Å²) in [5.74, 6) is 0.0753. The Bertz CT molecular complexity index is 1310. The molecule has 0 saturated carbocycles. The minimum Gasteiger partial charge on any atom is -0.497 e. The zero-order valence-corrected chi connectivity index (χ0v) is 17.5. The Hall–Kier alpha value is -3.58. The van der Waals surface area contributed by atoms with E-state index in [1.807, 2.05) is 0 Å². The lowest BCUT2D eigenvalue weighted by atomic mass is 10.0. The fourth-order valence-electron chi connectivity index (χ4n) is 3.26. The Morgan fingerprint density at radius 1 is 1.00 bits per heavy atom. The Morgan fingerprint density at radius 2 is 1.72 bits per heavy atom. The molecule has 0 fully saturated rings. The minimum atomic E-state index is -4.56. The Kier molecular flexibility index (Phi) is 5.76. The van der Waals surface area contributed by atoms with Crippen LogP contribution >= 0.6 is 11.6 Å². The number of ether oxygens (including phenoxy) is 1. The van der Waals surface area contributed by atoms with Crippen LogP contribution in [0.3, 0.4) is 0 Å². The van der Waals surface area contributed by atoms with E-state index < -0.39 is 17.6 Å². The average molecular weight is 457 g/mol. The first-order valence-electron chi connectivity index (χ1n) is 9.48. The number of hydrogen-bond donors (Lipinski definition) is 1. The molecule has 4 nitrogen and oxygen atoms in total. The molecule has 0 aliphatic rings. The van der Waals surface area contributed by atoms with Crippen LogP contribution in [0, 0.1) is 0 Å². The zero-order valence-electron chi connectivity index (χ0n) is 16.7. The topological polar surface area (TPSA) is 51.2 Å². The molecule has 8 heteroatoms. The predicted molar refractivity (Wildman–Crippen MR) is 118 cm³/mol. The molecule has 32 heavy (non-hydrogen) atoms. The van der Waals surface area contributed by atoms with Gasteiger partial charge in [0.25, 0.3) is 5.91 Å². The van der Waals surface area contributed by atoms with E-state index >= 15 is 0 Å². The van der Waals surface area contributed by atoms with Crippen LogP contribution in [0.1, 0.15) is 15.9 Å². The second-order valence-corrected chi connectivity index (χ2v) is 7.35. The van der Waals surface area contributed by atoms with Gasteiger partial charge in [-0.1, -0.05) is 29.8 Å². The number of para-hydroxylation sites is 1. The van der Waals surface area contributed by atoms with Gasteiger partial charge in [0.05, 0.1) is 40.2 Å². The highest BCUT2D eigenvalue weighted by Gasteiger charge is 2.31. The van der Waals surface area contributed by atoms with E-state index in [-0.39, 0.29) is 16.3 Å². The van der Waals surface area contributed by atoms with E-state index in [4.69, 9.17) is 16.3 Å². The number of amides is 1. The van der Waals surface area contributed by atoms with Crippen LogP contribution in [-0.2, 0) is 6.18 Å². The van der Waals surface area contributed by atoms with Gasteiger partial charge in [0, 0.05) is 10.9 Å². The first-order chi connectivity index (χ1) is 15.3. The van der Waals surface area contributed by atoms with Gasteiger partial charge in [0.1, 0.15) is 5.75 Å². The van der Waals surface area contributed by atoms with Crippen molar-refractivity contribution in [3.63, 3.8) is 0 Å². The summed E-state index contributed by atoms with van der Waals surface area (Å²) >= 11 is 6.05. The maximum Gasteiger partial charge on any atom is 0.416 e. The second kappa shape index (κ2) is 8.51. The number of benzene rings is 3. The molecular formula is C24H16ClF3N2O2. The molecule has 4 aromatic rings. The maximum atomic E-state index is 13.1. The minimum absolute atomic E-state index is 0.0000829. The summed E-state index contributed by atoms with van der Waals surface area (Å²) in [5.41, 5.74) is 1.08. The third kappa shape index (κ3) is 4.38. The van der Waals surface area contributed by atoms with Gasteiger partial charge < -0.3 is 10.1 Å². The summed E-state index contributed by atoms with van der Waals surface area (Å²) in [4.78, 5) is 17.7. The van der Waals surface area contributed by atoms with Crippen molar-refractivity contribution in [1.29, 1.82) is 0 Å². The maximum absolute atomic E-state index is 13.1. The molecule has 0 aliphatic carbocycles. The van der Waals surface area contributed by atoms with E-state index in [1.54, 1.807) is 61.7 Å². The van der Waals surface area contributed by atoms with Crippen LogP contribution in [0.15, 0.2) is 72.8 Å². The van der Waals surface area contributed by atoms with Crippen molar-refractivity contribution in [1.82, 2.24) is 4.98 Å². The van der Waals surface area contributed by atoms with Gasteiger partial charge in [-0.3, -0.25) is 4.79 Å². The van der Waals surface area contributed by atoms with E-state index in [2.05, 4.69) is 10.3 Å². The van der Waals surface area contributed by atoms with E-state index in [0.29, 0.717) is 22.3 Å². The third-order valence-corrected chi connectivity index (χ3v) is 5.22. The van der Waals surface area contributed by atoms with Gasteiger partial charge in [-0.2, -0.15) is 13.2 Å². The Morgan fingerprint density at radius 3 is 2.41 bits per heavy atom. The second-order valence-electron chi connectivity index (χ2n) is 6.95. The third-order valence-electron chi connectivity index (χ3n) is 4.89. The van der Waals surface area contributed by atoms with Crippen molar-refractivity contribution in [2.24, 2.45) is 0 Å². The van der Waals surface area contributed by atoms with E-state index in [9.17, 15) is 18.0 Å². The van der Waals surface area contributed by atoms with Crippen molar-refractivity contribution in [3.05, 3.63) is 88.9 Å². The zero-order chi connectivity index (χ0) is 22.9. The summed E-state index contributed by atoms with van der Waals surface area (Å²) in [7, 11) is 1.56.